The third kappa shape index (κ3) is 4.08. The minimum Gasteiger partial charge on any atom is -0.291 e. The summed E-state index contributed by atoms with van der Waals surface area (Å²) in [4.78, 5) is 3.59. The fraction of sp³-hybridized carbons (Fsp3) is 0.462. The molecule has 2 aromatic heterocycles. The van der Waals surface area contributed by atoms with Gasteiger partial charge in [0.25, 0.3) is 0 Å². The van der Waals surface area contributed by atoms with Crippen molar-refractivity contribution in [3.8, 4) is 0 Å². The second-order valence-electron chi connectivity index (χ2n) is 5.36. The van der Waals surface area contributed by atoms with Gasteiger partial charge >= 0.3 is 0 Å². The minimum atomic E-state index is -3.19. The van der Waals surface area contributed by atoms with Gasteiger partial charge in [-0.15, -0.1) is 11.3 Å². The number of rotatable bonds is 5. The van der Waals surface area contributed by atoms with E-state index in [0.29, 0.717) is 0 Å². The van der Waals surface area contributed by atoms with Crippen molar-refractivity contribution < 1.29 is 8.42 Å². The number of sulfonamides is 1. The van der Waals surface area contributed by atoms with Crippen molar-refractivity contribution in [2.75, 3.05) is 12.8 Å². The lowest BCUT2D eigenvalue weighted by Gasteiger charge is -2.26. The third-order valence-electron chi connectivity index (χ3n) is 3.45. The van der Waals surface area contributed by atoms with Crippen LogP contribution < -0.4 is 4.72 Å². The number of nitrogens with zero attached hydrogens (tertiary/aromatic N) is 3. The van der Waals surface area contributed by atoms with E-state index in [2.05, 4.69) is 20.8 Å². The number of halogens is 1. The van der Waals surface area contributed by atoms with Gasteiger partial charge in [0.05, 0.1) is 35.1 Å². The molecule has 1 aliphatic heterocycles. The van der Waals surface area contributed by atoms with E-state index in [1.165, 1.54) is 4.88 Å². The number of nitrogens with one attached hydrogen (secondary N) is 1. The SMILES string of the molecule is CS(=O)(=O)NCc1cc2n(n1)CCN(Cc1ccc(Cl)s1)C2. The van der Waals surface area contributed by atoms with Crippen LogP contribution in [0.2, 0.25) is 4.34 Å². The Morgan fingerprint density at radius 2 is 2.23 bits per heavy atom. The second kappa shape index (κ2) is 6.29. The van der Waals surface area contributed by atoms with Crippen LogP contribution in [0, 0.1) is 0 Å². The normalized spacial score (nSPS) is 15.9. The molecule has 6 nitrogen and oxygen atoms in total. The number of aromatic nitrogens is 2. The molecule has 0 saturated heterocycles. The van der Waals surface area contributed by atoms with Gasteiger partial charge in [-0.2, -0.15) is 5.10 Å². The molecule has 2 aromatic rings. The molecule has 0 aliphatic carbocycles. The lowest BCUT2D eigenvalue weighted by atomic mass is 10.2. The maximum atomic E-state index is 11.1. The van der Waals surface area contributed by atoms with Crippen molar-refractivity contribution in [3.05, 3.63) is 38.8 Å². The summed E-state index contributed by atoms with van der Waals surface area (Å²) in [6.45, 7) is 3.65. The van der Waals surface area contributed by atoms with E-state index in [9.17, 15) is 8.42 Å². The van der Waals surface area contributed by atoms with Gasteiger partial charge in [0.15, 0.2) is 0 Å². The van der Waals surface area contributed by atoms with Gasteiger partial charge < -0.3 is 0 Å². The van der Waals surface area contributed by atoms with Crippen LogP contribution in [0.15, 0.2) is 18.2 Å². The van der Waals surface area contributed by atoms with Crippen LogP contribution in [0.25, 0.3) is 0 Å². The first-order chi connectivity index (χ1) is 10.4. The first-order valence-corrected chi connectivity index (χ1v) is 9.94. The van der Waals surface area contributed by atoms with Crippen LogP contribution in [0.4, 0.5) is 0 Å². The first kappa shape index (κ1) is 15.9. The van der Waals surface area contributed by atoms with Crippen LogP contribution >= 0.6 is 22.9 Å². The molecule has 1 N–H and O–H groups in total. The summed E-state index contributed by atoms with van der Waals surface area (Å²) in [5.74, 6) is 0. The molecule has 0 amide bonds. The Kier molecular flexibility index (Phi) is 4.56. The largest absolute Gasteiger partial charge is 0.291 e. The molecular formula is C13H17ClN4O2S2. The second-order valence-corrected chi connectivity index (χ2v) is 8.99. The van der Waals surface area contributed by atoms with Gasteiger partial charge in [-0.1, -0.05) is 11.6 Å². The van der Waals surface area contributed by atoms with E-state index in [4.69, 9.17) is 11.6 Å². The minimum absolute atomic E-state index is 0.235. The molecule has 120 valence electrons. The van der Waals surface area contributed by atoms with Crippen LogP contribution in [-0.2, 0) is 36.2 Å². The van der Waals surface area contributed by atoms with Crippen molar-refractivity contribution in [2.45, 2.75) is 26.2 Å². The number of hydrogen-bond acceptors (Lipinski definition) is 5. The Morgan fingerprint density at radius 1 is 1.41 bits per heavy atom. The van der Waals surface area contributed by atoms with Crippen molar-refractivity contribution in [1.29, 1.82) is 0 Å². The predicted molar refractivity (Wildman–Crippen MR) is 87.4 cm³/mol. The quantitative estimate of drug-likeness (QED) is 0.880. The van der Waals surface area contributed by atoms with E-state index in [1.807, 2.05) is 16.8 Å². The van der Waals surface area contributed by atoms with Crippen molar-refractivity contribution >= 4 is 33.0 Å². The Balaban J connectivity index is 1.64. The van der Waals surface area contributed by atoms with Gasteiger partial charge in [0.2, 0.25) is 10.0 Å². The van der Waals surface area contributed by atoms with Crippen molar-refractivity contribution in [2.24, 2.45) is 0 Å². The van der Waals surface area contributed by atoms with Crippen LogP contribution in [0.3, 0.4) is 0 Å². The lowest BCUT2D eigenvalue weighted by Crippen LogP contribution is -2.33. The summed E-state index contributed by atoms with van der Waals surface area (Å²) in [5, 5.41) is 4.44. The van der Waals surface area contributed by atoms with Gasteiger partial charge in [-0.3, -0.25) is 9.58 Å². The van der Waals surface area contributed by atoms with Crippen molar-refractivity contribution in [3.63, 3.8) is 0 Å². The third-order valence-corrected chi connectivity index (χ3v) is 5.34. The maximum Gasteiger partial charge on any atom is 0.209 e. The van der Waals surface area contributed by atoms with Gasteiger partial charge in [0.1, 0.15) is 0 Å². The topological polar surface area (TPSA) is 67.2 Å². The zero-order valence-corrected chi connectivity index (χ0v) is 14.5. The monoisotopic (exact) mass is 360 g/mol. The highest BCUT2D eigenvalue weighted by Gasteiger charge is 2.19. The van der Waals surface area contributed by atoms with Gasteiger partial charge in [-0.05, 0) is 18.2 Å². The fourth-order valence-electron chi connectivity index (χ4n) is 2.46. The number of fused-ring (bicyclic) bond motifs is 1. The zero-order chi connectivity index (χ0) is 15.7. The molecule has 0 unspecified atom stereocenters. The summed E-state index contributed by atoms with van der Waals surface area (Å²) >= 11 is 7.57. The molecule has 0 radical (unpaired) electrons. The molecule has 3 heterocycles. The van der Waals surface area contributed by atoms with Crippen molar-refractivity contribution in [1.82, 2.24) is 19.4 Å². The standard InChI is InChI=1S/C13H17ClN4O2S2/c1-22(19,20)15-7-10-6-11-8-17(4-5-18(11)16-10)9-12-2-3-13(14)21-12/h2-3,6,15H,4-5,7-9H2,1H3. The number of hydrogen-bond donors (Lipinski definition) is 1. The summed E-state index contributed by atoms with van der Waals surface area (Å²) in [5.41, 5.74) is 1.86. The number of thiophene rings is 1. The Bertz CT molecular complexity index is 769. The molecule has 0 saturated carbocycles. The fourth-order valence-corrected chi connectivity index (χ4v) is 4.00. The molecule has 3 rings (SSSR count). The molecule has 22 heavy (non-hydrogen) atoms. The molecule has 0 aromatic carbocycles. The molecule has 1 aliphatic rings. The Labute approximate surface area is 138 Å². The predicted octanol–water partition coefficient (Wildman–Crippen LogP) is 1.66. The molecule has 9 heteroatoms. The lowest BCUT2D eigenvalue weighted by molar-refractivity contribution is 0.207. The molecule has 0 atom stereocenters. The summed E-state index contributed by atoms with van der Waals surface area (Å²) in [7, 11) is -3.19. The molecule has 0 bridgehead atoms. The summed E-state index contributed by atoms with van der Waals surface area (Å²) < 4.78 is 27.5. The van der Waals surface area contributed by atoms with E-state index in [1.54, 1.807) is 11.3 Å². The Morgan fingerprint density at radius 3 is 2.91 bits per heavy atom. The van der Waals surface area contributed by atoms with E-state index in [-0.39, 0.29) is 6.54 Å². The molecule has 0 fully saturated rings. The highest BCUT2D eigenvalue weighted by atomic mass is 35.5. The summed E-state index contributed by atoms with van der Waals surface area (Å²) in [6, 6.07) is 5.94. The van der Waals surface area contributed by atoms with E-state index >= 15 is 0 Å². The zero-order valence-electron chi connectivity index (χ0n) is 12.1. The first-order valence-electron chi connectivity index (χ1n) is 6.86. The van der Waals surface area contributed by atoms with Gasteiger partial charge in [-0.25, -0.2) is 13.1 Å². The molecular weight excluding hydrogens is 344 g/mol. The van der Waals surface area contributed by atoms with Crippen LogP contribution in [-0.4, -0.2) is 35.9 Å². The van der Waals surface area contributed by atoms with E-state index in [0.717, 1.165) is 48.2 Å². The summed E-state index contributed by atoms with van der Waals surface area (Å²) in [6.07, 6.45) is 1.15. The Hall–Kier alpha value is -0.930. The van der Waals surface area contributed by atoms with E-state index < -0.39 is 10.0 Å². The smallest absolute Gasteiger partial charge is 0.209 e. The highest BCUT2D eigenvalue weighted by Crippen LogP contribution is 2.24. The highest BCUT2D eigenvalue weighted by molar-refractivity contribution is 7.88. The maximum absolute atomic E-state index is 11.1. The van der Waals surface area contributed by atoms with Gasteiger partial charge in [0, 0.05) is 24.5 Å². The average molecular weight is 361 g/mol. The average Bonchev–Trinajstić information content (AvgIpc) is 3.01. The molecule has 0 spiro atoms. The van der Waals surface area contributed by atoms with Crippen LogP contribution in [0.5, 0.6) is 0 Å². The van der Waals surface area contributed by atoms with Crippen LogP contribution in [0.1, 0.15) is 16.3 Å².